The van der Waals surface area contributed by atoms with Gasteiger partial charge in [-0.15, -0.1) is 11.6 Å². The van der Waals surface area contributed by atoms with Crippen LogP contribution >= 0.6 is 22.9 Å². The summed E-state index contributed by atoms with van der Waals surface area (Å²) in [6.45, 7) is 3.12. The van der Waals surface area contributed by atoms with Crippen LogP contribution in [0.15, 0.2) is 41.1 Å². The fourth-order valence-corrected chi connectivity index (χ4v) is 2.93. The SMILES string of the molecule is Cc1cscc1C(=O)N(CCCl)Cc1ccccc1. The Bertz CT molecular complexity index is 538. The number of halogens is 1. The molecule has 1 amide bonds. The topological polar surface area (TPSA) is 20.3 Å². The Balaban J connectivity index is 2.16. The van der Waals surface area contributed by atoms with Crippen LogP contribution in [0.25, 0.3) is 0 Å². The van der Waals surface area contributed by atoms with Gasteiger partial charge in [0.2, 0.25) is 0 Å². The molecule has 0 saturated heterocycles. The van der Waals surface area contributed by atoms with E-state index >= 15 is 0 Å². The van der Waals surface area contributed by atoms with Gasteiger partial charge in [-0.05, 0) is 23.4 Å². The van der Waals surface area contributed by atoms with E-state index in [4.69, 9.17) is 11.6 Å². The molecule has 0 bridgehead atoms. The van der Waals surface area contributed by atoms with E-state index in [9.17, 15) is 4.79 Å². The third-order valence-electron chi connectivity index (χ3n) is 2.94. The van der Waals surface area contributed by atoms with Crippen LogP contribution in [0.3, 0.4) is 0 Å². The highest BCUT2D eigenvalue weighted by atomic mass is 35.5. The summed E-state index contributed by atoms with van der Waals surface area (Å²) < 4.78 is 0. The van der Waals surface area contributed by atoms with Gasteiger partial charge in [0, 0.05) is 24.3 Å². The number of carbonyl (C=O) groups excluding carboxylic acids is 1. The standard InChI is InChI=1S/C15H16ClNOS/c1-12-10-19-11-14(12)15(18)17(8-7-16)9-13-5-3-2-4-6-13/h2-6,10-11H,7-9H2,1H3. The molecule has 100 valence electrons. The average Bonchev–Trinajstić information content (AvgIpc) is 2.85. The lowest BCUT2D eigenvalue weighted by atomic mass is 10.1. The Morgan fingerprint density at radius 2 is 2.00 bits per heavy atom. The molecule has 0 spiro atoms. The molecule has 1 heterocycles. The molecule has 0 N–H and O–H groups in total. The molecule has 0 unspecified atom stereocenters. The van der Waals surface area contributed by atoms with Gasteiger partial charge in [0.1, 0.15) is 0 Å². The summed E-state index contributed by atoms with van der Waals surface area (Å²) in [5, 5.41) is 3.90. The zero-order chi connectivity index (χ0) is 13.7. The number of rotatable bonds is 5. The fraction of sp³-hybridized carbons (Fsp3) is 0.267. The highest BCUT2D eigenvalue weighted by molar-refractivity contribution is 7.08. The van der Waals surface area contributed by atoms with Crippen LogP contribution in [0.5, 0.6) is 0 Å². The highest BCUT2D eigenvalue weighted by Gasteiger charge is 2.18. The van der Waals surface area contributed by atoms with Crippen molar-refractivity contribution in [2.24, 2.45) is 0 Å². The minimum atomic E-state index is 0.0586. The third kappa shape index (κ3) is 3.58. The van der Waals surface area contributed by atoms with Crippen molar-refractivity contribution in [1.82, 2.24) is 4.90 Å². The number of aryl methyl sites for hydroxylation is 1. The van der Waals surface area contributed by atoms with Crippen LogP contribution in [0.2, 0.25) is 0 Å². The molecule has 0 saturated carbocycles. The number of nitrogens with zero attached hydrogens (tertiary/aromatic N) is 1. The predicted molar refractivity (Wildman–Crippen MR) is 81.0 cm³/mol. The number of hydrogen-bond donors (Lipinski definition) is 0. The maximum Gasteiger partial charge on any atom is 0.255 e. The van der Waals surface area contributed by atoms with E-state index in [1.807, 2.05) is 48.0 Å². The highest BCUT2D eigenvalue weighted by Crippen LogP contribution is 2.17. The van der Waals surface area contributed by atoms with Gasteiger partial charge in [0.05, 0.1) is 5.56 Å². The summed E-state index contributed by atoms with van der Waals surface area (Å²) in [6.07, 6.45) is 0. The van der Waals surface area contributed by atoms with E-state index in [0.29, 0.717) is 19.0 Å². The number of hydrogen-bond acceptors (Lipinski definition) is 2. The number of alkyl halides is 1. The molecule has 0 fully saturated rings. The molecule has 0 radical (unpaired) electrons. The summed E-state index contributed by atoms with van der Waals surface area (Å²) in [6, 6.07) is 9.98. The van der Waals surface area contributed by atoms with Gasteiger partial charge >= 0.3 is 0 Å². The predicted octanol–water partition coefficient (Wildman–Crippen LogP) is 3.94. The number of thiophene rings is 1. The first-order valence-electron chi connectivity index (χ1n) is 6.14. The summed E-state index contributed by atoms with van der Waals surface area (Å²) >= 11 is 7.37. The van der Waals surface area contributed by atoms with Crippen LogP contribution in [-0.2, 0) is 6.54 Å². The summed E-state index contributed by atoms with van der Waals surface area (Å²) in [5.74, 6) is 0.505. The maximum atomic E-state index is 12.5. The van der Waals surface area contributed by atoms with E-state index in [-0.39, 0.29) is 5.91 Å². The van der Waals surface area contributed by atoms with Gasteiger partial charge in [-0.25, -0.2) is 0 Å². The monoisotopic (exact) mass is 293 g/mol. The first-order valence-corrected chi connectivity index (χ1v) is 7.62. The van der Waals surface area contributed by atoms with Gasteiger partial charge in [0.25, 0.3) is 5.91 Å². The molecule has 2 rings (SSSR count). The first-order chi connectivity index (χ1) is 9.22. The van der Waals surface area contributed by atoms with Crippen molar-refractivity contribution in [3.63, 3.8) is 0 Å². The van der Waals surface area contributed by atoms with Crippen molar-refractivity contribution in [1.29, 1.82) is 0 Å². The van der Waals surface area contributed by atoms with Gasteiger partial charge in [-0.2, -0.15) is 11.3 Å². The van der Waals surface area contributed by atoms with Crippen molar-refractivity contribution >= 4 is 28.8 Å². The number of carbonyl (C=O) groups is 1. The summed E-state index contributed by atoms with van der Waals surface area (Å²) in [7, 11) is 0. The zero-order valence-corrected chi connectivity index (χ0v) is 12.4. The second kappa shape index (κ2) is 6.73. The molecule has 2 nitrogen and oxygen atoms in total. The fourth-order valence-electron chi connectivity index (χ4n) is 1.91. The quantitative estimate of drug-likeness (QED) is 0.765. The number of amides is 1. The summed E-state index contributed by atoms with van der Waals surface area (Å²) in [5.41, 5.74) is 2.93. The molecular formula is C15H16ClNOS. The van der Waals surface area contributed by atoms with Crippen molar-refractivity contribution in [2.45, 2.75) is 13.5 Å². The minimum Gasteiger partial charge on any atom is -0.333 e. The Labute approximate surface area is 122 Å². The van der Waals surface area contributed by atoms with Crippen LogP contribution in [0, 0.1) is 6.92 Å². The Kier molecular flexibility index (Phi) is 5.00. The lowest BCUT2D eigenvalue weighted by Gasteiger charge is -2.21. The molecule has 0 atom stereocenters. The lowest BCUT2D eigenvalue weighted by molar-refractivity contribution is 0.0753. The molecule has 0 aliphatic carbocycles. The zero-order valence-electron chi connectivity index (χ0n) is 10.8. The number of benzene rings is 1. The second-order valence-corrected chi connectivity index (χ2v) is 5.49. The largest absolute Gasteiger partial charge is 0.333 e. The molecular weight excluding hydrogens is 278 g/mol. The maximum absolute atomic E-state index is 12.5. The Morgan fingerprint density at radius 3 is 2.58 bits per heavy atom. The van der Waals surface area contributed by atoms with Gasteiger partial charge in [0.15, 0.2) is 0 Å². The minimum absolute atomic E-state index is 0.0586. The first kappa shape index (κ1) is 14.1. The van der Waals surface area contributed by atoms with Crippen molar-refractivity contribution < 1.29 is 4.79 Å². The second-order valence-electron chi connectivity index (χ2n) is 4.37. The molecule has 1 aromatic heterocycles. The van der Waals surface area contributed by atoms with Gasteiger partial charge in [-0.1, -0.05) is 30.3 Å². The van der Waals surface area contributed by atoms with E-state index in [0.717, 1.165) is 16.7 Å². The molecule has 1 aromatic carbocycles. The lowest BCUT2D eigenvalue weighted by Crippen LogP contribution is -2.32. The molecule has 0 aliphatic heterocycles. The van der Waals surface area contributed by atoms with Crippen LogP contribution in [-0.4, -0.2) is 23.2 Å². The van der Waals surface area contributed by atoms with Crippen LogP contribution in [0.4, 0.5) is 0 Å². The van der Waals surface area contributed by atoms with E-state index in [1.165, 1.54) is 0 Å². The van der Waals surface area contributed by atoms with Crippen molar-refractivity contribution in [3.05, 3.63) is 57.8 Å². The third-order valence-corrected chi connectivity index (χ3v) is 3.97. The molecule has 0 aliphatic rings. The summed E-state index contributed by atoms with van der Waals surface area (Å²) in [4.78, 5) is 14.3. The Hall–Kier alpha value is -1.32. The Morgan fingerprint density at radius 1 is 1.26 bits per heavy atom. The van der Waals surface area contributed by atoms with Crippen LogP contribution < -0.4 is 0 Å². The van der Waals surface area contributed by atoms with Gasteiger partial charge in [-0.3, -0.25) is 4.79 Å². The van der Waals surface area contributed by atoms with Gasteiger partial charge < -0.3 is 4.90 Å². The van der Waals surface area contributed by atoms with Crippen molar-refractivity contribution in [3.8, 4) is 0 Å². The van der Waals surface area contributed by atoms with E-state index < -0.39 is 0 Å². The van der Waals surface area contributed by atoms with Crippen molar-refractivity contribution in [2.75, 3.05) is 12.4 Å². The van der Waals surface area contributed by atoms with Crippen LogP contribution in [0.1, 0.15) is 21.5 Å². The molecule has 4 heteroatoms. The molecule has 19 heavy (non-hydrogen) atoms. The molecule has 2 aromatic rings. The van der Waals surface area contributed by atoms with E-state index in [1.54, 1.807) is 16.2 Å². The van der Waals surface area contributed by atoms with E-state index in [2.05, 4.69) is 0 Å². The average molecular weight is 294 g/mol. The smallest absolute Gasteiger partial charge is 0.255 e. The normalized spacial score (nSPS) is 10.4.